The minimum atomic E-state index is -0.0487. The van der Waals surface area contributed by atoms with Crippen LogP contribution >= 0.6 is 0 Å². The van der Waals surface area contributed by atoms with Crippen molar-refractivity contribution in [3.05, 3.63) is 59.7 Å². The minimum absolute atomic E-state index is 0.0352. The molecule has 0 radical (unpaired) electrons. The normalized spacial score (nSPS) is 17.3. The average Bonchev–Trinajstić information content (AvgIpc) is 3.03. The second kappa shape index (κ2) is 7.36. The van der Waals surface area contributed by atoms with Crippen molar-refractivity contribution in [2.75, 3.05) is 26.8 Å². The van der Waals surface area contributed by atoms with Gasteiger partial charge in [-0.15, -0.1) is 0 Å². The number of hydrogen-bond donors (Lipinski definition) is 0. The molecule has 0 bridgehead atoms. The number of nitrogens with zero attached hydrogens (tertiary/aromatic N) is 4. The van der Waals surface area contributed by atoms with Gasteiger partial charge in [-0.25, -0.2) is 9.97 Å². The summed E-state index contributed by atoms with van der Waals surface area (Å²) in [5.41, 5.74) is 2.39. The number of amides is 1. The highest BCUT2D eigenvalue weighted by atomic mass is 16.5. The van der Waals surface area contributed by atoms with Gasteiger partial charge in [-0.3, -0.25) is 9.20 Å². The number of aromatic nitrogens is 3. The number of carbonyl (C=O) groups is 1. The van der Waals surface area contributed by atoms with E-state index < -0.39 is 0 Å². The van der Waals surface area contributed by atoms with Gasteiger partial charge >= 0.3 is 0 Å². The molecule has 7 nitrogen and oxygen atoms in total. The highest BCUT2D eigenvalue weighted by Gasteiger charge is 2.28. The molecule has 0 saturated carbocycles. The van der Waals surface area contributed by atoms with Crippen molar-refractivity contribution < 1.29 is 14.3 Å². The van der Waals surface area contributed by atoms with Gasteiger partial charge in [0.15, 0.2) is 0 Å². The van der Waals surface area contributed by atoms with E-state index in [1.807, 2.05) is 42.3 Å². The van der Waals surface area contributed by atoms with Crippen molar-refractivity contribution >= 4 is 11.7 Å². The Kier molecular flexibility index (Phi) is 4.77. The number of hydrogen-bond acceptors (Lipinski definition) is 5. The lowest BCUT2D eigenvalue weighted by molar-refractivity contribution is -0.0210. The van der Waals surface area contributed by atoms with Crippen molar-refractivity contribution in [2.24, 2.45) is 0 Å². The number of methoxy groups -OCH3 is 1. The molecule has 4 rings (SSSR count). The maximum absolute atomic E-state index is 13.2. The van der Waals surface area contributed by atoms with E-state index in [2.05, 4.69) is 9.97 Å². The molecule has 1 aliphatic rings. The molecule has 1 aromatic carbocycles. The zero-order valence-electron chi connectivity index (χ0n) is 15.5. The smallest absolute Gasteiger partial charge is 0.272 e. The maximum atomic E-state index is 13.2. The van der Waals surface area contributed by atoms with E-state index in [9.17, 15) is 4.79 Å². The fourth-order valence-electron chi connectivity index (χ4n) is 3.49. The van der Waals surface area contributed by atoms with E-state index >= 15 is 0 Å². The molecule has 1 saturated heterocycles. The second-order valence-electron chi connectivity index (χ2n) is 6.64. The van der Waals surface area contributed by atoms with E-state index in [4.69, 9.17) is 9.47 Å². The van der Waals surface area contributed by atoms with Crippen molar-refractivity contribution in [2.45, 2.75) is 19.4 Å². The molecule has 1 aliphatic heterocycles. The summed E-state index contributed by atoms with van der Waals surface area (Å²) in [6.45, 7) is 3.48. The van der Waals surface area contributed by atoms with Gasteiger partial charge in [-0.1, -0.05) is 12.1 Å². The van der Waals surface area contributed by atoms with Gasteiger partial charge in [0.2, 0.25) is 5.78 Å². The Labute approximate surface area is 157 Å². The predicted molar refractivity (Wildman–Crippen MR) is 100 cm³/mol. The lowest BCUT2D eigenvalue weighted by Gasteiger charge is -2.33. The highest BCUT2D eigenvalue weighted by Crippen LogP contribution is 2.19. The largest absolute Gasteiger partial charge is 0.497 e. The van der Waals surface area contributed by atoms with Crippen molar-refractivity contribution in [3.8, 4) is 5.75 Å². The van der Waals surface area contributed by atoms with Gasteiger partial charge < -0.3 is 14.4 Å². The number of aryl methyl sites for hydroxylation is 1. The lowest BCUT2D eigenvalue weighted by Crippen LogP contribution is -2.46. The molecule has 27 heavy (non-hydrogen) atoms. The topological polar surface area (TPSA) is 69.0 Å². The first-order valence-electron chi connectivity index (χ1n) is 8.99. The molecule has 0 aliphatic carbocycles. The standard InChI is InChI=1S/C20H22N4O3/c1-14-18(24-8-4-7-21-20(24)22-14)19(25)23-9-10-27-17(13-23)12-15-5-3-6-16(11-15)26-2/h3-8,11,17H,9-10,12-13H2,1-2H3/t17-/m1/s1. The van der Waals surface area contributed by atoms with Gasteiger partial charge in [0, 0.05) is 31.9 Å². The summed E-state index contributed by atoms with van der Waals surface area (Å²) < 4.78 is 12.9. The van der Waals surface area contributed by atoms with E-state index in [0.29, 0.717) is 36.9 Å². The molecule has 1 amide bonds. The second-order valence-corrected chi connectivity index (χ2v) is 6.64. The van der Waals surface area contributed by atoms with Gasteiger partial charge in [-0.05, 0) is 30.7 Å². The minimum Gasteiger partial charge on any atom is -0.497 e. The summed E-state index contributed by atoms with van der Waals surface area (Å²) in [6, 6.07) is 9.74. The molecule has 0 spiro atoms. The summed E-state index contributed by atoms with van der Waals surface area (Å²) in [7, 11) is 1.66. The molecular formula is C20H22N4O3. The number of morpholine rings is 1. The first kappa shape index (κ1) is 17.5. The molecule has 2 aromatic heterocycles. The maximum Gasteiger partial charge on any atom is 0.272 e. The monoisotopic (exact) mass is 366 g/mol. The number of imidazole rings is 1. The van der Waals surface area contributed by atoms with Gasteiger partial charge in [0.1, 0.15) is 11.4 Å². The van der Waals surface area contributed by atoms with Crippen LogP contribution in [0.1, 0.15) is 21.7 Å². The van der Waals surface area contributed by atoms with Gasteiger partial charge in [0.25, 0.3) is 5.91 Å². The molecule has 1 fully saturated rings. The Morgan fingerprint density at radius 2 is 2.26 bits per heavy atom. The quantitative estimate of drug-likeness (QED) is 0.708. The zero-order chi connectivity index (χ0) is 18.8. The Bertz CT molecular complexity index is 969. The summed E-state index contributed by atoms with van der Waals surface area (Å²) in [4.78, 5) is 23.6. The van der Waals surface area contributed by atoms with E-state index in [1.54, 1.807) is 23.8 Å². The Hall–Kier alpha value is -2.93. The first-order chi connectivity index (χ1) is 13.2. The molecule has 1 atom stereocenters. The summed E-state index contributed by atoms with van der Waals surface area (Å²) in [5, 5.41) is 0. The van der Waals surface area contributed by atoms with Gasteiger partial charge in [-0.2, -0.15) is 0 Å². The van der Waals surface area contributed by atoms with Crippen molar-refractivity contribution in [1.82, 2.24) is 19.3 Å². The van der Waals surface area contributed by atoms with E-state index in [-0.39, 0.29) is 12.0 Å². The fraction of sp³-hybridized carbons (Fsp3) is 0.350. The Morgan fingerprint density at radius 3 is 3.11 bits per heavy atom. The molecule has 3 aromatic rings. The Morgan fingerprint density at radius 1 is 1.37 bits per heavy atom. The van der Waals surface area contributed by atoms with E-state index in [0.717, 1.165) is 17.7 Å². The average molecular weight is 366 g/mol. The molecule has 140 valence electrons. The van der Waals surface area contributed by atoms with Crippen LogP contribution in [0.25, 0.3) is 5.78 Å². The Balaban J connectivity index is 1.52. The van der Waals surface area contributed by atoms with Crippen LogP contribution in [0.2, 0.25) is 0 Å². The summed E-state index contributed by atoms with van der Waals surface area (Å²) >= 11 is 0. The molecule has 3 heterocycles. The molecule has 0 N–H and O–H groups in total. The third kappa shape index (κ3) is 3.50. The number of carbonyl (C=O) groups excluding carboxylic acids is 1. The van der Waals surface area contributed by atoms with Crippen LogP contribution in [0.15, 0.2) is 42.7 Å². The lowest BCUT2D eigenvalue weighted by atomic mass is 10.1. The highest BCUT2D eigenvalue weighted by molar-refractivity contribution is 5.94. The number of benzene rings is 1. The van der Waals surface area contributed by atoms with Crippen molar-refractivity contribution in [1.29, 1.82) is 0 Å². The molecule has 0 unspecified atom stereocenters. The van der Waals surface area contributed by atoms with Crippen LogP contribution in [0.3, 0.4) is 0 Å². The number of rotatable bonds is 4. The predicted octanol–water partition coefficient (Wildman–Crippen LogP) is 2.13. The number of fused-ring (bicyclic) bond motifs is 1. The molecular weight excluding hydrogens is 344 g/mol. The van der Waals surface area contributed by atoms with Crippen LogP contribution in [0.5, 0.6) is 5.75 Å². The van der Waals surface area contributed by atoms with Crippen LogP contribution in [-0.2, 0) is 11.2 Å². The van der Waals surface area contributed by atoms with Crippen LogP contribution < -0.4 is 4.74 Å². The summed E-state index contributed by atoms with van der Waals surface area (Å²) in [6.07, 6.45) is 4.18. The van der Waals surface area contributed by atoms with Crippen LogP contribution in [0, 0.1) is 6.92 Å². The SMILES string of the molecule is COc1cccc(C[C@@H]2CN(C(=O)c3c(C)nc4ncccn34)CCO2)c1. The van der Waals surface area contributed by atoms with Crippen LogP contribution in [-0.4, -0.2) is 58.1 Å². The van der Waals surface area contributed by atoms with E-state index in [1.165, 1.54) is 0 Å². The summed E-state index contributed by atoms with van der Waals surface area (Å²) in [5.74, 6) is 1.33. The van der Waals surface area contributed by atoms with Crippen molar-refractivity contribution in [3.63, 3.8) is 0 Å². The third-order valence-electron chi connectivity index (χ3n) is 4.80. The zero-order valence-corrected chi connectivity index (χ0v) is 15.5. The fourth-order valence-corrected chi connectivity index (χ4v) is 3.49. The third-order valence-corrected chi connectivity index (χ3v) is 4.80. The number of ether oxygens (including phenoxy) is 2. The van der Waals surface area contributed by atoms with Crippen LogP contribution in [0.4, 0.5) is 0 Å². The van der Waals surface area contributed by atoms with Gasteiger partial charge in [0.05, 0.1) is 25.5 Å². The molecule has 7 heteroatoms. The first-order valence-corrected chi connectivity index (χ1v) is 8.99.